The van der Waals surface area contributed by atoms with Gasteiger partial charge in [-0.3, -0.25) is 0 Å². The average molecular weight is 375 g/mol. The molecule has 4 aromatic rings. The minimum Gasteiger partial charge on any atom is -0.306 e. The summed E-state index contributed by atoms with van der Waals surface area (Å²) in [6.07, 6.45) is 0. The molecule has 0 unspecified atom stereocenters. The van der Waals surface area contributed by atoms with Crippen LogP contribution in [-0.2, 0) is 19.6 Å². The molecule has 2 aromatic carbocycles. The second-order valence-corrected chi connectivity index (χ2v) is 7.59. The number of rotatable bonds is 7. The Morgan fingerprint density at radius 1 is 0.889 bits per heavy atom. The van der Waals surface area contributed by atoms with Gasteiger partial charge in [0, 0.05) is 23.5 Å². The zero-order chi connectivity index (χ0) is 18.5. The average Bonchev–Trinajstić information content (AvgIpc) is 3.35. The summed E-state index contributed by atoms with van der Waals surface area (Å²) < 4.78 is 0. The SMILES string of the molecule is Cc1ccc(Cn2nc(CNCc3cccs3)c(-c3ccccc3)n2)cc1. The van der Waals surface area contributed by atoms with Gasteiger partial charge in [0.2, 0.25) is 0 Å². The highest BCUT2D eigenvalue weighted by molar-refractivity contribution is 7.09. The van der Waals surface area contributed by atoms with Crippen LogP contribution in [0.25, 0.3) is 11.3 Å². The van der Waals surface area contributed by atoms with E-state index >= 15 is 0 Å². The van der Waals surface area contributed by atoms with E-state index in [0.29, 0.717) is 13.1 Å². The van der Waals surface area contributed by atoms with E-state index in [1.165, 1.54) is 16.0 Å². The molecule has 0 bridgehead atoms. The molecule has 0 atom stereocenters. The Hall–Kier alpha value is -2.76. The quantitative estimate of drug-likeness (QED) is 0.512. The number of aryl methyl sites for hydroxylation is 1. The van der Waals surface area contributed by atoms with E-state index < -0.39 is 0 Å². The Bertz CT molecular complexity index is 973. The number of nitrogens with zero attached hydrogens (tertiary/aromatic N) is 3. The summed E-state index contributed by atoms with van der Waals surface area (Å²) in [6.45, 7) is 4.30. The summed E-state index contributed by atoms with van der Waals surface area (Å²) in [6, 6.07) is 23.0. The fourth-order valence-electron chi connectivity index (χ4n) is 2.97. The molecule has 0 spiro atoms. The van der Waals surface area contributed by atoms with Crippen LogP contribution in [0.3, 0.4) is 0 Å². The monoisotopic (exact) mass is 374 g/mol. The molecule has 0 aliphatic heterocycles. The fourth-order valence-corrected chi connectivity index (χ4v) is 3.64. The van der Waals surface area contributed by atoms with E-state index in [1.54, 1.807) is 16.1 Å². The first-order chi connectivity index (χ1) is 13.3. The molecule has 0 saturated heterocycles. The second kappa shape index (κ2) is 8.29. The molecule has 0 amide bonds. The maximum absolute atomic E-state index is 4.78. The van der Waals surface area contributed by atoms with Gasteiger partial charge in [0.15, 0.2) is 0 Å². The van der Waals surface area contributed by atoms with E-state index in [9.17, 15) is 0 Å². The summed E-state index contributed by atoms with van der Waals surface area (Å²) >= 11 is 1.76. The summed E-state index contributed by atoms with van der Waals surface area (Å²) in [5.41, 5.74) is 5.48. The van der Waals surface area contributed by atoms with Crippen molar-refractivity contribution in [1.82, 2.24) is 20.3 Å². The molecule has 0 aliphatic carbocycles. The molecule has 4 nitrogen and oxygen atoms in total. The first kappa shape index (κ1) is 17.6. The summed E-state index contributed by atoms with van der Waals surface area (Å²) in [5.74, 6) is 0. The molecule has 2 aromatic heterocycles. The van der Waals surface area contributed by atoms with Crippen molar-refractivity contribution >= 4 is 11.3 Å². The number of aromatic nitrogens is 3. The predicted octanol–water partition coefficient (Wildman–Crippen LogP) is 4.65. The van der Waals surface area contributed by atoms with Gasteiger partial charge >= 0.3 is 0 Å². The molecule has 0 fully saturated rings. The van der Waals surface area contributed by atoms with Crippen LogP contribution in [0.1, 0.15) is 21.7 Å². The molecule has 0 radical (unpaired) electrons. The molecular weight excluding hydrogens is 352 g/mol. The molecule has 5 heteroatoms. The third kappa shape index (κ3) is 4.51. The highest BCUT2D eigenvalue weighted by Crippen LogP contribution is 2.20. The lowest BCUT2D eigenvalue weighted by Crippen LogP contribution is -2.13. The summed E-state index contributed by atoms with van der Waals surface area (Å²) in [7, 11) is 0. The molecule has 0 saturated carbocycles. The Morgan fingerprint density at radius 2 is 1.70 bits per heavy atom. The van der Waals surface area contributed by atoms with Crippen molar-refractivity contribution in [2.24, 2.45) is 0 Å². The van der Waals surface area contributed by atoms with Crippen LogP contribution < -0.4 is 5.32 Å². The lowest BCUT2D eigenvalue weighted by molar-refractivity contribution is 0.577. The number of hydrogen-bond acceptors (Lipinski definition) is 4. The Kier molecular flexibility index (Phi) is 5.42. The highest BCUT2D eigenvalue weighted by atomic mass is 32.1. The van der Waals surface area contributed by atoms with E-state index in [-0.39, 0.29) is 0 Å². The maximum Gasteiger partial charge on any atom is 0.117 e. The molecule has 2 heterocycles. The molecule has 27 heavy (non-hydrogen) atoms. The largest absolute Gasteiger partial charge is 0.306 e. The van der Waals surface area contributed by atoms with Gasteiger partial charge in [-0.2, -0.15) is 15.0 Å². The van der Waals surface area contributed by atoms with Crippen LogP contribution in [0, 0.1) is 6.92 Å². The topological polar surface area (TPSA) is 42.7 Å². The van der Waals surface area contributed by atoms with E-state index in [0.717, 1.165) is 23.5 Å². The molecular formula is C22H22N4S. The van der Waals surface area contributed by atoms with Crippen molar-refractivity contribution < 1.29 is 0 Å². The standard InChI is InChI=1S/C22H22N4S/c1-17-9-11-18(12-10-17)16-26-24-21(15-23-14-20-8-5-13-27-20)22(25-26)19-6-3-2-4-7-19/h2-13,23H,14-16H2,1H3. The maximum atomic E-state index is 4.78. The van der Waals surface area contributed by atoms with Gasteiger partial charge in [-0.25, -0.2) is 0 Å². The van der Waals surface area contributed by atoms with Gasteiger partial charge in [-0.15, -0.1) is 11.3 Å². The zero-order valence-electron chi connectivity index (χ0n) is 15.3. The lowest BCUT2D eigenvalue weighted by Gasteiger charge is -2.02. The highest BCUT2D eigenvalue weighted by Gasteiger charge is 2.13. The first-order valence-corrected chi connectivity index (χ1v) is 9.94. The van der Waals surface area contributed by atoms with E-state index in [2.05, 4.69) is 66.2 Å². The lowest BCUT2D eigenvalue weighted by atomic mass is 10.1. The van der Waals surface area contributed by atoms with Gasteiger partial charge in [0.1, 0.15) is 11.4 Å². The summed E-state index contributed by atoms with van der Waals surface area (Å²) in [4.78, 5) is 3.12. The second-order valence-electron chi connectivity index (χ2n) is 6.56. The minimum absolute atomic E-state index is 0.672. The fraction of sp³-hybridized carbons (Fsp3) is 0.182. The van der Waals surface area contributed by atoms with Gasteiger partial charge < -0.3 is 5.32 Å². The van der Waals surface area contributed by atoms with Gasteiger partial charge in [-0.1, -0.05) is 66.2 Å². The Balaban J connectivity index is 1.55. The smallest absolute Gasteiger partial charge is 0.117 e. The van der Waals surface area contributed by atoms with Gasteiger partial charge in [0.05, 0.1) is 6.54 Å². The van der Waals surface area contributed by atoms with Crippen molar-refractivity contribution in [2.75, 3.05) is 0 Å². The van der Waals surface area contributed by atoms with Gasteiger partial charge in [0.25, 0.3) is 0 Å². The van der Waals surface area contributed by atoms with Crippen molar-refractivity contribution in [3.8, 4) is 11.3 Å². The predicted molar refractivity (Wildman–Crippen MR) is 111 cm³/mol. The number of nitrogens with one attached hydrogen (secondary N) is 1. The van der Waals surface area contributed by atoms with Crippen LogP contribution in [-0.4, -0.2) is 15.0 Å². The number of benzene rings is 2. The van der Waals surface area contributed by atoms with Crippen LogP contribution in [0.5, 0.6) is 0 Å². The number of thiophene rings is 1. The van der Waals surface area contributed by atoms with Crippen LogP contribution >= 0.6 is 11.3 Å². The van der Waals surface area contributed by atoms with Crippen molar-refractivity contribution in [3.05, 3.63) is 93.8 Å². The Morgan fingerprint density at radius 3 is 2.44 bits per heavy atom. The van der Waals surface area contributed by atoms with Crippen molar-refractivity contribution in [3.63, 3.8) is 0 Å². The molecule has 0 aliphatic rings. The van der Waals surface area contributed by atoms with Crippen molar-refractivity contribution in [2.45, 2.75) is 26.6 Å². The van der Waals surface area contributed by atoms with Crippen LogP contribution in [0.2, 0.25) is 0 Å². The van der Waals surface area contributed by atoms with Gasteiger partial charge in [-0.05, 0) is 23.9 Å². The normalized spacial score (nSPS) is 11.0. The molecule has 136 valence electrons. The minimum atomic E-state index is 0.672. The number of hydrogen-bond donors (Lipinski definition) is 1. The molecule has 4 rings (SSSR count). The van der Waals surface area contributed by atoms with E-state index in [1.807, 2.05) is 18.2 Å². The van der Waals surface area contributed by atoms with Crippen LogP contribution in [0.4, 0.5) is 0 Å². The summed E-state index contributed by atoms with van der Waals surface area (Å²) in [5, 5.41) is 15.1. The van der Waals surface area contributed by atoms with Crippen molar-refractivity contribution in [1.29, 1.82) is 0 Å². The Labute approximate surface area is 163 Å². The first-order valence-electron chi connectivity index (χ1n) is 9.06. The third-order valence-corrected chi connectivity index (χ3v) is 5.26. The van der Waals surface area contributed by atoms with E-state index in [4.69, 9.17) is 10.2 Å². The third-order valence-electron chi connectivity index (χ3n) is 4.39. The van der Waals surface area contributed by atoms with Crippen LogP contribution in [0.15, 0.2) is 72.1 Å². The molecule has 1 N–H and O–H groups in total. The zero-order valence-corrected chi connectivity index (χ0v) is 16.1.